The number of carbonyl (C=O) groups excluding carboxylic acids is 1. The van der Waals surface area contributed by atoms with Crippen molar-refractivity contribution >= 4 is 45.8 Å². The topological polar surface area (TPSA) is 122 Å². The van der Waals surface area contributed by atoms with Crippen molar-refractivity contribution in [3.8, 4) is 17.0 Å². The predicted octanol–water partition coefficient (Wildman–Crippen LogP) is 3.30. The highest BCUT2D eigenvalue weighted by atomic mass is 35.5. The molecule has 9 nitrogen and oxygen atoms in total. The number of nitrogens with one attached hydrogen (secondary N) is 2. The molecule has 1 atom stereocenters. The van der Waals surface area contributed by atoms with Crippen molar-refractivity contribution < 1.29 is 9.53 Å². The molecular weight excluding hydrogens is 465 g/mol. The summed E-state index contributed by atoms with van der Waals surface area (Å²) < 4.78 is 5.92. The van der Waals surface area contributed by atoms with Crippen LogP contribution in [0.5, 0.6) is 5.75 Å². The van der Waals surface area contributed by atoms with Gasteiger partial charge in [0, 0.05) is 48.2 Å². The lowest BCUT2D eigenvalue weighted by Gasteiger charge is -2.27. The number of nitrogens with two attached hydrogens (primary N) is 1. The maximum absolute atomic E-state index is 11.6. The van der Waals surface area contributed by atoms with Crippen LogP contribution in [0.3, 0.4) is 0 Å². The first-order valence-corrected chi connectivity index (χ1v) is 10.9. The van der Waals surface area contributed by atoms with Crippen LogP contribution in [-0.2, 0) is 4.79 Å². The number of rotatable bonds is 5. The number of H-pyrrole nitrogens is 1. The first-order chi connectivity index (χ1) is 16.0. The van der Waals surface area contributed by atoms with E-state index in [4.69, 9.17) is 33.7 Å². The molecule has 1 aromatic carbocycles. The zero-order valence-electron chi connectivity index (χ0n) is 17.3. The Labute approximate surface area is 198 Å². The number of amides is 1. The van der Waals surface area contributed by atoms with Crippen molar-refractivity contribution in [3.63, 3.8) is 0 Å². The van der Waals surface area contributed by atoms with Gasteiger partial charge in [-0.1, -0.05) is 23.2 Å². The lowest BCUT2D eigenvalue weighted by Crippen LogP contribution is -2.48. The zero-order valence-corrected chi connectivity index (χ0v) is 18.8. The van der Waals surface area contributed by atoms with E-state index >= 15 is 0 Å². The Morgan fingerprint density at radius 2 is 1.94 bits per heavy atom. The number of benzene rings is 1. The quantitative estimate of drug-likeness (QED) is 0.372. The molecule has 0 aliphatic carbocycles. The molecule has 11 heteroatoms. The van der Waals surface area contributed by atoms with Crippen LogP contribution in [0.2, 0.25) is 10.0 Å². The van der Waals surface area contributed by atoms with Crippen molar-refractivity contribution in [1.82, 2.24) is 25.5 Å². The Morgan fingerprint density at radius 3 is 2.67 bits per heavy atom. The Hall–Kier alpha value is -3.40. The van der Waals surface area contributed by atoms with Crippen molar-refractivity contribution in [2.45, 2.75) is 6.23 Å². The van der Waals surface area contributed by atoms with E-state index < -0.39 is 6.23 Å². The third-order valence-corrected chi connectivity index (χ3v) is 5.96. The van der Waals surface area contributed by atoms with Crippen molar-refractivity contribution in [2.75, 3.05) is 24.5 Å². The number of carbonyl (C=O) groups is 1. The van der Waals surface area contributed by atoms with Gasteiger partial charge in [0.2, 0.25) is 5.91 Å². The molecule has 1 saturated heterocycles. The number of fused-ring (bicyclic) bond motifs is 1. The number of anilines is 1. The number of halogens is 2. The van der Waals surface area contributed by atoms with E-state index in [1.807, 2.05) is 29.2 Å². The molecule has 168 valence electrons. The Bertz CT molecular complexity index is 1310. The standard InChI is InChI=1S/C22H19Cl2N7O2/c23-15-9-26-10-16(24)20(15)22(25)33-13-2-3-17-14(7-13)21(30-29-17)12-1-4-18(28-8-12)31-6-5-27-19(32)11-31/h1-4,7-10,22H,5-6,11,25H2,(H,27,32)(H,29,30)/t22-/m0/s1. The van der Waals surface area contributed by atoms with Crippen molar-refractivity contribution in [3.05, 3.63) is 64.5 Å². The molecule has 3 aromatic heterocycles. The Kier molecular flexibility index (Phi) is 5.76. The summed E-state index contributed by atoms with van der Waals surface area (Å²) >= 11 is 12.4. The molecule has 1 aliphatic heterocycles. The highest BCUT2D eigenvalue weighted by molar-refractivity contribution is 6.35. The summed E-state index contributed by atoms with van der Waals surface area (Å²) in [5.41, 5.74) is 9.06. The molecule has 0 bridgehead atoms. The molecule has 4 aromatic rings. The fourth-order valence-electron chi connectivity index (χ4n) is 3.73. The average Bonchev–Trinajstić information content (AvgIpc) is 3.22. The number of nitrogens with zero attached hydrogens (tertiary/aromatic N) is 4. The van der Waals surface area contributed by atoms with Gasteiger partial charge in [0.05, 0.1) is 22.1 Å². The average molecular weight is 484 g/mol. The maximum atomic E-state index is 11.6. The van der Waals surface area contributed by atoms with Gasteiger partial charge in [0.15, 0.2) is 6.23 Å². The van der Waals surface area contributed by atoms with Crippen molar-refractivity contribution in [1.29, 1.82) is 0 Å². The van der Waals surface area contributed by atoms with E-state index in [-0.39, 0.29) is 5.91 Å². The van der Waals surface area contributed by atoms with E-state index in [2.05, 4.69) is 25.5 Å². The summed E-state index contributed by atoms with van der Waals surface area (Å²) in [6, 6.07) is 9.31. The second-order valence-electron chi connectivity index (χ2n) is 7.51. The first-order valence-electron chi connectivity index (χ1n) is 10.2. The SMILES string of the molecule is N[C@@H](Oc1ccc2[nH]nc(-c3ccc(N4CCNC(=O)C4)nc3)c2c1)c1c(Cl)cncc1Cl. The van der Waals surface area contributed by atoms with E-state index in [1.165, 1.54) is 12.4 Å². The molecule has 4 heterocycles. The summed E-state index contributed by atoms with van der Waals surface area (Å²) in [5, 5.41) is 11.8. The monoisotopic (exact) mass is 483 g/mol. The normalized spacial score (nSPS) is 14.9. The van der Waals surface area contributed by atoms with Gasteiger partial charge in [-0.3, -0.25) is 20.6 Å². The second-order valence-corrected chi connectivity index (χ2v) is 8.33. The fraction of sp³-hybridized carbons (Fsp3) is 0.182. The van der Waals surface area contributed by atoms with Crippen molar-refractivity contribution in [2.24, 2.45) is 5.73 Å². The minimum atomic E-state index is -0.872. The second kappa shape index (κ2) is 8.86. The van der Waals surface area contributed by atoms with Gasteiger partial charge in [-0.05, 0) is 30.3 Å². The molecule has 33 heavy (non-hydrogen) atoms. The number of aromatic nitrogens is 4. The number of hydrogen-bond donors (Lipinski definition) is 3. The van der Waals surface area contributed by atoms with Crippen LogP contribution >= 0.6 is 23.2 Å². The van der Waals surface area contributed by atoms with E-state index in [9.17, 15) is 4.79 Å². The van der Waals surface area contributed by atoms with Gasteiger partial charge in [-0.15, -0.1) is 0 Å². The highest BCUT2D eigenvalue weighted by Gasteiger charge is 2.19. The molecular formula is C22H19Cl2N7O2. The molecule has 0 unspecified atom stereocenters. The van der Waals surface area contributed by atoms with E-state index in [0.717, 1.165) is 34.5 Å². The largest absolute Gasteiger partial charge is 0.471 e. The lowest BCUT2D eigenvalue weighted by atomic mass is 10.1. The van der Waals surface area contributed by atoms with Crippen LogP contribution in [0.25, 0.3) is 22.2 Å². The molecule has 0 radical (unpaired) electrons. The summed E-state index contributed by atoms with van der Waals surface area (Å²) in [4.78, 5) is 22.1. The predicted molar refractivity (Wildman–Crippen MR) is 126 cm³/mol. The van der Waals surface area contributed by atoms with Gasteiger partial charge in [0.25, 0.3) is 0 Å². The van der Waals surface area contributed by atoms with Crippen LogP contribution in [0, 0.1) is 0 Å². The van der Waals surface area contributed by atoms with E-state index in [1.54, 1.807) is 12.3 Å². The molecule has 5 rings (SSSR count). The van der Waals surface area contributed by atoms with Gasteiger partial charge in [-0.2, -0.15) is 5.10 Å². The zero-order chi connectivity index (χ0) is 22.9. The minimum Gasteiger partial charge on any atom is -0.471 e. The van der Waals surface area contributed by atoms with Crippen LogP contribution < -0.4 is 20.7 Å². The summed E-state index contributed by atoms with van der Waals surface area (Å²) in [6.07, 6.45) is 3.81. The van der Waals surface area contributed by atoms with Crippen LogP contribution in [0.15, 0.2) is 48.9 Å². The first kappa shape index (κ1) is 21.4. The van der Waals surface area contributed by atoms with Crippen LogP contribution in [0.4, 0.5) is 5.82 Å². The summed E-state index contributed by atoms with van der Waals surface area (Å²) in [5.74, 6) is 1.27. The maximum Gasteiger partial charge on any atom is 0.239 e. The number of pyridine rings is 2. The van der Waals surface area contributed by atoms with E-state index in [0.29, 0.717) is 34.4 Å². The smallest absolute Gasteiger partial charge is 0.239 e. The fourth-order valence-corrected chi connectivity index (χ4v) is 4.31. The number of piperazine rings is 1. The molecule has 1 aliphatic rings. The minimum absolute atomic E-state index is 0.00880. The molecule has 0 saturated carbocycles. The summed E-state index contributed by atoms with van der Waals surface area (Å²) in [7, 11) is 0. The van der Waals surface area contributed by atoms with Gasteiger partial charge < -0.3 is 15.0 Å². The van der Waals surface area contributed by atoms with Gasteiger partial charge in [0.1, 0.15) is 17.3 Å². The van der Waals surface area contributed by atoms with Gasteiger partial charge in [-0.25, -0.2) is 4.98 Å². The Balaban J connectivity index is 1.41. The third-order valence-electron chi connectivity index (χ3n) is 5.36. The lowest BCUT2D eigenvalue weighted by molar-refractivity contribution is -0.120. The molecule has 4 N–H and O–H groups in total. The van der Waals surface area contributed by atoms with Crippen LogP contribution in [-0.4, -0.2) is 45.7 Å². The molecule has 1 fully saturated rings. The molecule has 1 amide bonds. The number of aromatic amines is 1. The number of ether oxygens (including phenoxy) is 1. The highest BCUT2D eigenvalue weighted by Crippen LogP contribution is 2.33. The Morgan fingerprint density at radius 1 is 1.12 bits per heavy atom. The third kappa shape index (κ3) is 4.30. The summed E-state index contributed by atoms with van der Waals surface area (Å²) in [6.45, 7) is 1.62. The van der Waals surface area contributed by atoms with Gasteiger partial charge >= 0.3 is 0 Å². The van der Waals surface area contributed by atoms with Crippen LogP contribution in [0.1, 0.15) is 11.8 Å². The number of hydrogen-bond acceptors (Lipinski definition) is 7. The molecule has 0 spiro atoms.